The second-order valence-electron chi connectivity index (χ2n) is 6.15. The minimum Gasteiger partial charge on any atom is -0.468 e. The van der Waals surface area contributed by atoms with Gasteiger partial charge >= 0.3 is 11.9 Å². The van der Waals surface area contributed by atoms with Crippen LogP contribution < -0.4 is 4.31 Å². The van der Waals surface area contributed by atoms with Gasteiger partial charge in [0.1, 0.15) is 11.4 Å². The molecule has 0 spiro atoms. The van der Waals surface area contributed by atoms with Gasteiger partial charge in [-0.1, -0.05) is 24.3 Å². The third-order valence-corrected chi connectivity index (χ3v) is 6.21. The molecule has 0 aliphatic carbocycles. The second kappa shape index (κ2) is 8.83. The molecule has 0 unspecified atom stereocenters. The van der Waals surface area contributed by atoms with Crippen molar-refractivity contribution in [3.63, 3.8) is 0 Å². The number of hydrogen-bond donors (Lipinski definition) is 0. The molecular weight excluding hydrogens is 408 g/mol. The molecule has 0 amide bonds. The lowest BCUT2D eigenvalue weighted by Gasteiger charge is -2.26. The van der Waals surface area contributed by atoms with Gasteiger partial charge in [-0.2, -0.15) is 0 Å². The molecule has 0 radical (unpaired) electrons. The van der Waals surface area contributed by atoms with Gasteiger partial charge in [-0.25, -0.2) is 13.2 Å². The van der Waals surface area contributed by atoms with E-state index >= 15 is 0 Å². The van der Waals surface area contributed by atoms with Gasteiger partial charge in [0, 0.05) is 12.4 Å². The molecule has 30 heavy (non-hydrogen) atoms. The van der Waals surface area contributed by atoms with Crippen LogP contribution in [0.25, 0.3) is 5.69 Å². The summed E-state index contributed by atoms with van der Waals surface area (Å²) >= 11 is 0. The minimum atomic E-state index is -4.34. The van der Waals surface area contributed by atoms with Crippen LogP contribution in [0.3, 0.4) is 0 Å². The number of aromatic nitrogens is 1. The smallest absolute Gasteiger partial charge is 0.339 e. The molecule has 9 heteroatoms. The first-order valence-electron chi connectivity index (χ1n) is 8.89. The molecule has 0 atom stereocenters. The highest BCUT2D eigenvalue weighted by molar-refractivity contribution is 7.93. The second-order valence-corrected chi connectivity index (χ2v) is 7.99. The SMILES string of the molecule is COC(=O)CN(c1ccccc1-n1cccc1)S(=O)(=O)c1ccccc1C(=O)OC. The van der Waals surface area contributed by atoms with E-state index in [0.717, 1.165) is 4.31 Å². The van der Waals surface area contributed by atoms with Crippen LogP contribution >= 0.6 is 0 Å². The Balaban J connectivity index is 2.22. The molecule has 0 fully saturated rings. The van der Waals surface area contributed by atoms with Gasteiger partial charge in [0.25, 0.3) is 10.0 Å². The predicted octanol–water partition coefficient (Wildman–Crippen LogP) is 2.63. The Kier molecular flexibility index (Phi) is 6.22. The fourth-order valence-electron chi connectivity index (χ4n) is 2.96. The first-order valence-corrected chi connectivity index (χ1v) is 10.3. The van der Waals surface area contributed by atoms with E-state index in [0.29, 0.717) is 5.69 Å². The molecule has 8 nitrogen and oxygen atoms in total. The van der Waals surface area contributed by atoms with E-state index in [2.05, 4.69) is 0 Å². The van der Waals surface area contributed by atoms with Crippen molar-refractivity contribution in [2.45, 2.75) is 4.90 Å². The van der Waals surface area contributed by atoms with Crippen LogP contribution in [0.2, 0.25) is 0 Å². The molecule has 0 bridgehead atoms. The standard InChI is InChI=1S/C21H20N2O6S/c1-28-20(24)15-23(18-11-5-4-10-17(18)22-13-7-8-14-22)30(26,27)19-12-6-3-9-16(19)21(25)29-2/h3-14H,15H2,1-2H3. The van der Waals surface area contributed by atoms with Crippen LogP contribution in [0.1, 0.15) is 10.4 Å². The average molecular weight is 428 g/mol. The lowest BCUT2D eigenvalue weighted by molar-refractivity contribution is -0.138. The van der Waals surface area contributed by atoms with E-state index in [1.54, 1.807) is 53.4 Å². The molecule has 0 aliphatic heterocycles. The number of esters is 2. The van der Waals surface area contributed by atoms with Crippen molar-refractivity contribution < 1.29 is 27.5 Å². The van der Waals surface area contributed by atoms with E-state index in [1.165, 1.54) is 38.5 Å². The summed E-state index contributed by atoms with van der Waals surface area (Å²) in [6, 6.07) is 16.0. The number of sulfonamides is 1. The van der Waals surface area contributed by atoms with Crippen LogP contribution in [0.5, 0.6) is 0 Å². The van der Waals surface area contributed by atoms with Gasteiger partial charge in [0.2, 0.25) is 0 Å². The van der Waals surface area contributed by atoms with Crippen molar-refractivity contribution in [1.29, 1.82) is 0 Å². The number of rotatable bonds is 7. The number of methoxy groups -OCH3 is 2. The van der Waals surface area contributed by atoms with Crippen molar-refractivity contribution in [1.82, 2.24) is 4.57 Å². The van der Waals surface area contributed by atoms with Crippen LogP contribution in [-0.2, 0) is 24.3 Å². The largest absolute Gasteiger partial charge is 0.468 e. The van der Waals surface area contributed by atoms with Crippen LogP contribution in [0.4, 0.5) is 5.69 Å². The fourth-order valence-corrected chi connectivity index (χ4v) is 4.56. The van der Waals surface area contributed by atoms with Crippen LogP contribution in [0.15, 0.2) is 78.0 Å². The average Bonchev–Trinajstić information content (AvgIpc) is 3.31. The topological polar surface area (TPSA) is 94.9 Å². The lowest BCUT2D eigenvalue weighted by Crippen LogP contribution is -2.37. The number of carbonyl (C=O) groups excluding carboxylic acids is 2. The van der Waals surface area contributed by atoms with Crippen LogP contribution in [-0.4, -0.2) is 45.7 Å². The van der Waals surface area contributed by atoms with Gasteiger partial charge in [-0.15, -0.1) is 0 Å². The molecule has 3 rings (SSSR count). The molecule has 0 N–H and O–H groups in total. The van der Waals surface area contributed by atoms with Crippen molar-refractivity contribution in [3.8, 4) is 5.69 Å². The van der Waals surface area contributed by atoms with Gasteiger partial charge in [0.15, 0.2) is 0 Å². The molecule has 3 aromatic rings. The number of para-hydroxylation sites is 2. The molecule has 0 saturated carbocycles. The third kappa shape index (κ3) is 4.06. The monoisotopic (exact) mass is 428 g/mol. The highest BCUT2D eigenvalue weighted by Crippen LogP contribution is 2.31. The summed E-state index contributed by atoms with van der Waals surface area (Å²) in [4.78, 5) is 24.0. The van der Waals surface area contributed by atoms with E-state index in [4.69, 9.17) is 9.47 Å². The lowest BCUT2D eigenvalue weighted by atomic mass is 10.2. The Labute approximate surface area is 174 Å². The van der Waals surface area contributed by atoms with E-state index in [-0.39, 0.29) is 16.1 Å². The first kappa shape index (κ1) is 21.1. The number of ether oxygens (including phenoxy) is 2. The van der Waals surface area contributed by atoms with Crippen LogP contribution in [0, 0.1) is 0 Å². The Morgan fingerprint density at radius 3 is 2.20 bits per heavy atom. The Morgan fingerprint density at radius 1 is 0.900 bits per heavy atom. The van der Waals surface area contributed by atoms with E-state index in [1.807, 2.05) is 0 Å². The maximum Gasteiger partial charge on any atom is 0.339 e. The zero-order valence-electron chi connectivity index (χ0n) is 16.4. The van der Waals surface area contributed by atoms with Gasteiger partial charge in [-0.05, 0) is 36.4 Å². The zero-order chi connectivity index (χ0) is 21.7. The highest BCUT2D eigenvalue weighted by atomic mass is 32.2. The molecule has 0 aliphatic rings. The van der Waals surface area contributed by atoms with Crippen molar-refractivity contribution in [2.75, 3.05) is 25.1 Å². The minimum absolute atomic E-state index is 0.131. The maximum atomic E-state index is 13.6. The summed E-state index contributed by atoms with van der Waals surface area (Å²) in [6.07, 6.45) is 3.51. The summed E-state index contributed by atoms with van der Waals surface area (Å²) in [7, 11) is -2.00. The van der Waals surface area contributed by atoms with Gasteiger partial charge < -0.3 is 14.0 Å². The fraction of sp³-hybridized carbons (Fsp3) is 0.143. The molecule has 2 aromatic carbocycles. The molecule has 1 heterocycles. The highest BCUT2D eigenvalue weighted by Gasteiger charge is 2.32. The zero-order valence-corrected chi connectivity index (χ0v) is 17.2. The number of anilines is 1. The summed E-state index contributed by atoms with van der Waals surface area (Å²) in [5.74, 6) is -1.55. The molecule has 0 saturated heterocycles. The Hall–Kier alpha value is -3.59. The number of nitrogens with zero attached hydrogens (tertiary/aromatic N) is 2. The summed E-state index contributed by atoms with van der Waals surface area (Å²) in [6.45, 7) is -0.577. The van der Waals surface area contributed by atoms with E-state index in [9.17, 15) is 18.0 Å². The predicted molar refractivity (Wildman–Crippen MR) is 110 cm³/mol. The number of hydrogen-bond acceptors (Lipinski definition) is 6. The Morgan fingerprint density at radius 2 is 1.53 bits per heavy atom. The number of benzene rings is 2. The molecule has 1 aromatic heterocycles. The number of carbonyl (C=O) groups is 2. The maximum absolute atomic E-state index is 13.6. The van der Waals surface area contributed by atoms with Gasteiger partial charge in [0.05, 0.1) is 31.2 Å². The summed E-state index contributed by atoms with van der Waals surface area (Å²) < 4.78 is 39.4. The Bertz CT molecular complexity index is 1160. The normalized spacial score (nSPS) is 11.0. The van der Waals surface area contributed by atoms with Crippen molar-refractivity contribution in [3.05, 3.63) is 78.6 Å². The van der Waals surface area contributed by atoms with E-state index < -0.39 is 28.5 Å². The first-order chi connectivity index (χ1) is 14.4. The van der Waals surface area contributed by atoms with Crippen molar-refractivity contribution >= 4 is 27.6 Å². The quantitative estimate of drug-likeness (QED) is 0.537. The summed E-state index contributed by atoms with van der Waals surface area (Å²) in [5.41, 5.74) is 0.651. The molecule has 156 valence electrons. The third-order valence-electron chi connectivity index (χ3n) is 4.39. The molecular formula is C21H20N2O6S. The van der Waals surface area contributed by atoms with Crippen molar-refractivity contribution in [2.24, 2.45) is 0 Å². The summed E-state index contributed by atoms with van der Waals surface area (Å²) in [5, 5.41) is 0. The van der Waals surface area contributed by atoms with Gasteiger partial charge in [-0.3, -0.25) is 9.10 Å².